The van der Waals surface area contributed by atoms with Gasteiger partial charge in [-0.25, -0.2) is 0 Å². The van der Waals surface area contributed by atoms with Gasteiger partial charge >= 0.3 is 6.01 Å². The number of nitrogens with zero attached hydrogens (tertiary/aromatic N) is 3. The van der Waals surface area contributed by atoms with Crippen LogP contribution in [0, 0.1) is 5.41 Å². The van der Waals surface area contributed by atoms with E-state index in [1.54, 1.807) is 7.05 Å². The molecule has 1 aromatic heterocycles. The highest BCUT2D eigenvalue weighted by Crippen LogP contribution is 2.32. The molecule has 2 heterocycles. The lowest BCUT2D eigenvalue weighted by molar-refractivity contribution is -0.128. The second-order valence-electron chi connectivity index (χ2n) is 5.83. The van der Waals surface area contributed by atoms with Crippen LogP contribution in [0.5, 0.6) is 0 Å². The SMILES string of the molecule is CNC(=O)C1(C)CCN(c2nnc(CNC(C)C)o2)C1. The Morgan fingerprint density at radius 1 is 1.50 bits per heavy atom. The third kappa shape index (κ3) is 3.09. The molecular formula is C13H23N5O2. The number of hydrogen-bond acceptors (Lipinski definition) is 6. The van der Waals surface area contributed by atoms with E-state index in [0.29, 0.717) is 31.0 Å². The molecule has 1 aliphatic heterocycles. The first-order valence-electron chi connectivity index (χ1n) is 6.97. The monoisotopic (exact) mass is 281 g/mol. The zero-order valence-electron chi connectivity index (χ0n) is 12.6. The van der Waals surface area contributed by atoms with Crippen LogP contribution in [0.15, 0.2) is 4.42 Å². The molecule has 1 saturated heterocycles. The number of hydrogen-bond donors (Lipinski definition) is 2. The molecule has 1 aliphatic rings. The molecule has 0 saturated carbocycles. The van der Waals surface area contributed by atoms with Crippen molar-refractivity contribution in [2.75, 3.05) is 25.0 Å². The minimum atomic E-state index is -0.389. The second kappa shape index (κ2) is 5.78. The van der Waals surface area contributed by atoms with Crippen molar-refractivity contribution in [3.8, 4) is 0 Å². The summed E-state index contributed by atoms with van der Waals surface area (Å²) in [5.41, 5.74) is -0.389. The zero-order chi connectivity index (χ0) is 14.8. The van der Waals surface area contributed by atoms with Crippen LogP contribution in [0.3, 0.4) is 0 Å². The molecule has 112 valence electrons. The number of rotatable bonds is 5. The maximum Gasteiger partial charge on any atom is 0.318 e. The first-order chi connectivity index (χ1) is 9.44. The Hall–Kier alpha value is -1.63. The molecular weight excluding hydrogens is 258 g/mol. The summed E-state index contributed by atoms with van der Waals surface area (Å²) in [6.45, 7) is 8.00. The van der Waals surface area contributed by atoms with Crippen molar-refractivity contribution in [2.24, 2.45) is 5.41 Å². The van der Waals surface area contributed by atoms with Gasteiger partial charge in [0.2, 0.25) is 11.8 Å². The van der Waals surface area contributed by atoms with Gasteiger partial charge in [0.1, 0.15) is 0 Å². The highest BCUT2D eigenvalue weighted by Gasteiger charge is 2.41. The van der Waals surface area contributed by atoms with E-state index >= 15 is 0 Å². The van der Waals surface area contributed by atoms with Crippen LogP contribution < -0.4 is 15.5 Å². The lowest BCUT2D eigenvalue weighted by atomic mass is 9.89. The van der Waals surface area contributed by atoms with E-state index in [-0.39, 0.29) is 11.3 Å². The summed E-state index contributed by atoms with van der Waals surface area (Å²) in [7, 11) is 1.67. The number of aromatic nitrogens is 2. The Kier molecular flexibility index (Phi) is 4.27. The van der Waals surface area contributed by atoms with Crippen molar-refractivity contribution in [3.63, 3.8) is 0 Å². The van der Waals surface area contributed by atoms with E-state index < -0.39 is 0 Å². The van der Waals surface area contributed by atoms with Crippen LogP contribution in [-0.2, 0) is 11.3 Å². The van der Waals surface area contributed by atoms with Crippen molar-refractivity contribution in [2.45, 2.75) is 39.8 Å². The van der Waals surface area contributed by atoms with E-state index in [1.807, 2.05) is 11.8 Å². The number of anilines is 1. The van der Waals surface area contributed by atoms with Crippen LogP contribution >= 0.6 is 0 Å². The third-order valence-electron chi connectivity index (χ3n) is 3.64. The maximum atomic E-state index is 11.9. The number of nitrogens with one attached hydrogen (secondary N) is 2. The van der Waals surface area contributed by atoms with Gasteiger partial charge in [-0.3, -0.25) is 4.79 Å². The minimum Gasteiger partial charge on any atom is -0.407 e. The second-order valence-corrected chi connectivity index (χ2v) is 5.83. The summed E-state index contributed by atoms with van der Waals surface area (Å²) >= 11 is 0. The molecule has 1 unspecified atom stereocenters. The normalized spacial score (nSPS) is 22.6. The van der Waals surface area contributed by atoms with E-state index in [9.17, 15) is 4.79 Å². The topological polar surface area (TPSA) is 83.3 Å². The molecule has 7 nitrogen and oxygen atoms in total. The summed E-state index contributed by atoms with van der Waals surface area (Å²) in [6, 6.07) is 0.867. The number of carbonyl (C=O) groups is 1. The van der Waals surface area contributed by atoms with E-state index in [2.05, 4.69) is 34.7 Å². The summed E-state index contributed by atoms with van der Waals surface area (Å²) in [5, 5.41) is 14.0. The van der Waals surface area contributed by atoms with Crippen LogP contribution in [0.4, 0.5) is 6.01 Å². The molecule has 20 heavy (non-hydrogen) atoms. The highest BCUT2D eigenvalue weighted by molar-refractivity contribution is 5.83. The molecule has 1 amide bonds. The number of carbonyl (C=O) groups excluding carboxylic acids is 1. The van der Waals surface area contributed by atoms with Gasteiger partial charge in [-0.05, 0) is 13.3 Å². The van der Waals surface area contributed by atoms with Crippen LogP contribution in [0.25, 0.3) is 0 Å². The maximum absolute atomic E-state index is 11.9. The summed E-state index contributed by atoms with van der Waals surface area (Å²) < 4.78 is 5.63. The van der Waals surface area contributed by atoms with E-state index in [4.69, 9.17) is 4.42 Å². The third-order valence-corrected chi connectivity index (χ3v) is 3.64. The van der Waals surface area contributed by atoms with Gasteiger partial charge in [0.15, 0.2) is 0 Å². The van der Waals surface area contributed by atoms with Crippen LogP contribution in [-0.4, -0.2) is 42.3 Å². The van der Waals surface area contributed by atoms with E-state index in [1.165, 1.54) is 0 Å². The van der Waals surface area contributed by atoms with Gasteiger partial charge in [0.25, 0.3) is 0 Å². The standard InChI is InChI=1S/C13H23N5O2/c1-9(2)15-7-10-16-17-12(20-10)18-6-5-13(3,8-18)11(19)14-4/h9,15H,5-8H2,1-4H3,(H,14,19). The fraction of sp³-hybridized carbons (Fsp3) is 0.769. The Morgan fingerprint density at radius 3 is 2.90 bits per heavy atom. The molecule has 0 spiro atoms. The molecule has 0 aliphatic carbocycles. The fourth-order valence-electron chi connectivity index (χ4n) is 2.35. The van der Waals surface area contributed by atoms with Gasteiger partial charge in [-0.2, -0.15) is 0 Å². The lowest BCUT2D eigenvalue weighted by Crippen LogP contribution is -2.39. The van der Waals surface area contributed by atoms with Crippen molar-refractivity contribution < 1.29 is 9.21 Å². The van der Waals surface area contributed by atoms with E-state index in [0.717, 1.165) is 13.0 Å². The first kappa shape index (κ1) is 14.8. The summed E-state index contributed by atoms with van der Waals surface area (Å²) in [4.78, 5) is 13.9. The van der Waals surface area contributed by atoms with Gasteiger partial charge < -0.3 is 20.0 Å². The Morgan fingerprint density at radius 2 is 2.25 bits per heavy atom. The first-order valence-corrected chi connectivity index (χ1v) is 6.97. The molecule has 1 fully saturated rings. The summed E-state index contributed by atoms with van der Waals surface area (Å²) in [5.74, 6) is 0.628. The lowest BCUT2D eigenvalue weighted by Gasteiger charge is -2.21. The molecule has 0 aromatic carbocycles. The zero-order valence-corrected chi connectivity index (χ0v) is 12.6. The minimum absolute atomic E-state index is 0.0567. The van der Waals surface area contributed by atoms with Crippen LogP contribution in [0.2, 0.25) is 0 Å². The highest BCUT2D eigenvalue weighted by atomic mass is 16.4. The smallest absolute Gasteiger partial charge is 0.318 e. The Labute approximate surface area is 119 Å². The van der Waals surface area contributed by atoms with Gasteiger partial charge in [-0.15, -0.1) is 5.10 Å². The quantitative estimate of drug-likeness (QED) is 0.819. The predicted molar refractivity (Wildman–Crippen MR) is 75.3 cm³/mol. The Bertz CT molecular complexity index is 473. The van der Waals surface area contributed by atoms with Crippen molar-refractivity contribution in [1.29, 1.82) is 0 Å². The van der Waals surface area contributed by atoms with Gasteiger partial charge in [0.05, 0.1) is 12.0 Å². The molecule has 7 heteroatoms. The fourth-order valence-corrected chi connectivity index (χ4v) is 2.35. The predicted octanol–water partition coefficient (Wildman–Crippen LogP) is 0.530. The van der Waals surface area contributed by atoms with Gasteiger partial charge in [0, 0.05) is 26.2 Å². The van der Waals surface area contributed by atoms with Crippen molar-refractivity contribution >= 4 is 11.9 Å². The number of amides is 1. The average Bonchev–Trinajstić information content (AvgIpc) is 3.02. The molecule has 1 atom stereocenters. The molecule has 0 radical (unpaired) electrons. The van der Waals surface area contributed by atoms with Crippen molar-refractivity contribution in [3.05, 3.63) is 5.89 Å². The van der Waals surface area contributed by atoms with Crippen LogP contribution in [0.1, 0.15) is 33.1 Å². The largest absolute Gasteiger partial charge is 0.407 e. The molecule has 2 rings (SSSR count). The molecule has 0 bridgehead atoms. The summed E-state index contributed by atoms with van der Waals surface area (Å²) in [6.07, 6.45) is 0.786. The van der Waals surface area contributed by atoms with Crippen molar-refractivity contribution in [1.82, 2.24) is 20.8 Å². The Balaban J connectivity index is 1.98. The average molecular weight is 281 g/mol. The van der Waals surface area contributed by atoms with Gasteiger partial charge in [-0.1, -0.05) is 18.9 Å². The molecule has 2 N–H and O–H groups in total. The molecule has 1 aromatic rings.